The Labute approximate surface area is 170 Å². The number of hydrogen-bond acceptors (Lipinski definition) is 5. The number of benzene rings is 1. The second kappa shape index (κ2) is 7.37. The Morgan fingerprint density at radius 3 is 2.55 bits per heavy atom. The molecule has 5 rings (SSSR count). The zero-order chi connectivity index (χ0) is 20.0. The number of aryl methyl sites for hydroxylation is 2. The van der Waals surface area contributed by atoms with Crippen LogP contribution in [0.2, 0.25) is 0 Å². The number of fused-ring (bicyclic) bond motifs is 1. The maximum Gasteiger partial charge on any atom is 0.253 e. The third-order valence-electron chi connectivity index (χ3n) is 6.71. The van der Waals surface area contributed by atoms with Gasteiger partial charge in [0.05, 0.1) is 11.6 Å². The number of rotatable bonds is 4. The first kappa shape index (κ1) is 18.5. The van der Waals surface area contributed by atoms with Crippen molar-refractivity contribution in [1.82, 2.24) is 30.1 Å². The summed E-state index contributed by atoms with van der Waals surface area (Å²) < 4.78 is 2.00. The lowest BCUT2D eigenvalue weighted by atomic mass is 9.99. The highest BCUT2D eigenvalue weighted by molar-refractivity contribution is 5.85. The van der Waals surface area contributed by atoms with Gasteiger partial charge < -0.3 is 4.98 Å². The molecule has 7 heteroatoms. The summed E-state index contributed by atoms with van der Waals surface area (Å²) in [5, 5.41) is 13.9. The lowest BCUT2D eigenvalue weighted by Crippen LogP contribution is -2.34. The number of nitrogens with zero attached hydrogens (tertiary/aromatic N) is 5. The molecule has 7 nitrogen and oxygen atoms in total. The summed E-state index contributed by atoms with van der Waals surface area (Å²) >= 11 is 0. The molecule has 1 saturated carbocycles. The maximum atomic E-state index is 13.3. The zero-order valence-corrected chi connectivity index (χ0v) is 17.2. The van der Waals surface area contributed by atoms with Gasteiger partial charge in [-0.05, 0) is 80.2 Å². The van der Waals surface area contributed by atoms with E-state index in [-0.39, 0.29) is 11.6 Å². The minimum Gasteiger partial charge on any atom is -0.321 e. The SMILES string of the molecule is Cc1ccc(C)c2[nH]c(=O)c([C@H](c3nnnn3C3CCCC3)N3CCCC3)cc12. The number of hydrogen-bond donors (Lipinski definition) is 1. The Hall–Kier alpha value is -2.54. The van der Waals surface area contributed by atoms with Gasteiger partial charge in [-0.1, -0.05) is 25.0 Å². The summed E-state index contributed by atoms with van der Waals surface area (Å²) in [6.45, 7) is 6.06. The van der Waals surface area contributed by atoms with Gasteiger partial charge in [0, 0.05) is 10.9 Å². The Morgan fingerprint density at radius 2 is 1.79 bits per heavy atom. The lowest BCUT2D eigenvalue weighted by molar-refractivity contribution is 0.256. The summed E-state index contributed by atoms with van der Waals surface area (Å²) in [6.07, 6.45) is 6.94. The molecule has 0 radical (unpaired) electrons. The molecule has 0 spiro atoms. The van der Waals surface area contributed by atoms with Gasteiger partial charge in [-0.15, -0.1) is 5.10 Å². The molecule has 29 heavy (non-hydrogen) atoms. The van der Waals surface area contributed by atoms with Gasteiger partial charge in [-0.3, -0.25) is 9.69 Å². The van der Waals surface area contributed by atoms with Crippen LogP contribution in [0.3, 0.4) is 0 Å². The third-order valence-corrected chi connectivity index (χ3v) is 6.71. The van der Waals surface area contributed by atoms with Crippen LogP contribution in [0.1, 0.15) is 73.1 Å². The van der Waals surface area contributed by atoms with Crippen molar-refractivity contribution in [3.63, 3.8) is 0 Å². The van der Waals surface area contributed by atoms with Crippen molar-refractivity contribution in [2.45, 2.75) is 64.5 Å². The van der Waals surface area contributed by atoms with Gasteiger partial charge >= 0.3 is 0 Å². The van der Waals surface area contributed by atoms with Crippen LogP contribution >= 0.6 is 0 Å². The fraction of sp³-hybridized carbons (Fsp3) is 0.545. The van der Waals surface area contributed by atoms with Crippen LogP contribution in [0, 0.1) is 13.8 Å². The van der Waals surface area contributed by atoms with E-state index in [0.29, 0.717) is 6.04 Å². The molecule has 1 atom stereocenters. The van der Waals surface area contributed by atoms with Crippen LogP contribution in [-0.4, -0.2) is 43.2 Å². The molecule has 1 saturated heterocycles. The molecule has 3 heterocycles. The molecule has 152 valence electrons. The quantitative estimate of drug-likeness (QED) is 0.736. The van der Waals surface area contributed by atoms with E-state index >= 15 is 0 Å². The average molecular weight is 393 g/mol. The van der Waals surface area contributed by atoms with Gasteiger partial charge in [-0.25, -0.2) is 4.68 Å². The molecule has 1 aliphatic heterocycles. The first-order valence-corrected chi connectivity index (χ1v) is 10.8. The second-order valence-electron chi connectivity index (χ2n) is 8.61. The largest absolute Gasteiger partial charge is 0.321 e. The average Bonchev–Trinajstić information content (AvgIpc) is 3.47. The van der Waals surface area contributed by atoms with Gasteiger partial charge in [0.25, 0.3) is 5.56 Å². The normalized spacial score (nSPS) is 19.4. The number of tetrazole rings is 1. The van der Waals surface area contributed by atoms with E-state index in [1.165, 1.54) is 18.4 Å². The summed E-state index contributed by atoms with van der Waals surface area (Å²) in [4.78, 5) is 18.8. The van der Waals surface area contributed by atoms with Crippen LogP contribution in [0.25, 0.3) is 10.9 Å². The standard InChI is InChI=1S/C22H28N6O/c1-14-9-10-15(2)19-17(14)13-18(22(29)23-19)20(27-11-5-6-12-27)21-24-25-26-28(21)16-7-3-4-8-16/h9-10,13,16,20H,3-8,11-12H2,1-2H3,(H,23,29)/t20-/m1/s1. The summed E-state index contributed by atoms with van der Waals surface area (Å²) in [5.74, 6) is 0.814. The summed E-state index contributed by atoms with van der Waals surface area (Å²) in [7, 11) is 0. The van der Waals surface area contributed by atoms with Crippen molar-refractivity contribution >= 4 is 10.9 Å². The second-order valence-corrected chi connectivity index (χ2v) is 8.61. The fourth-order valence-corrected chi connectivity index (χ4v) is 5.08. The van der Waals surface area contributed by atoms with E-state index in [2.05, 4.69) is 50.5 Å². The third kappa shape index (κ3) is 3.17. The number of aromatic nitrogens is 5. The molecule has 3 aromatic rings. The molecular weight excluding hydrogens is 364 g/mol. The predicted molar refractivity (Wildman–Crippen MR) is 112 cm³/mol. The lowest BCUT2D eigenvalue weighted by Gasteiger charge is -2.27. The monoisotopic (exact) mass is 392 g/mol. The minimum atomic E-state index is -0.207. The maximum absolute atomic E-state index is 13.3. The van der Waals surface area contributed by atoms with Gasteiger partial charge in [0.1, 0.15) is 6.04 Å². The van der Waals surface area contributed by atoms with E-state index in [9.17, 15) is 4.79 Å². The molecule has 1 aromatic carbocycles. The van der Waals surface area contributed by atoms with Gasteiger partial charge in [0.2, 0.25) is 0 Å². The van der Waals surface area contributed by atoms with Crippen molar-refractivity contribution in [2.24, 2.45) is 0 Å². The Balaban J connectivity index is 1.69. The molecule has 0 unspecified atom stereocenters. The van der Waals surface area contributed by atoms with Crippen molar-refractivity contribution in [3.8, 4) is 0 Å². The first-order valence-electron chi connectivity index (χ1n) is 10.8. The van der Waals surface area contributed by atoms with Gasteiger partial charge in [-0.2, -0.15) is 0 Å². The highest BCUT2D eigenvalue weighted by Crippen LogP contribution is 2.35. The molecule has 2 fully saturated rings. The van der Waals surface area contributed by atoms with Crippen molar-refractivity contribution in [1.29, 1.82) is 0 Å². The first-order chi connectivity index (χ1) is 14.1. The minimum absolute atomic E-state index is 0.0379. The van der Waals surface area contributed by atoms with Crippen LogP contribution in [0.4, 0.5) is 0 Å². The highest BCUT2D eigenvalue weighted by atomic mass is 16.1. The van der Waals surface area contributed by atoms with Crippen LogP contribution < -0.4 is 5.56 Å². The number of pyridine rings is 1. The molecule has 2 aliphatic rings. The Morgan fingerprint density at radius 1 is 1.07 bits per heavy atom. The van der Waals surface area contributed by atoms with Crippen molar-refractivity contribution in [2.75, 3.05) is 13.1 Å². The topological polar surface area (TPSA) is 79.7 Å². The highest BCUT2D eigenvalue weighted by Gasteiger charge is 2.34. The number of aromatic amines is 1. The van der Waals surface area contributed by atoms with E-state index in [0.717, 1.165) is 66.6 Å². The van der Waals surface area contributed by atoms with E-state index in [1.54, 1.807) is 0 Å². The molecule has 0 bridgehead atoms. The van der Waals surface area contributed by atoms with Crippen molar-refractivity contribution < 1.29 is 0 Å². The number of H-pyrrole nitrogens is 1. The smallest absolute Gasteiger partial charge is 0.253 e. The zero-order valence-electron chi connectivity index (χ0n) is 17.2. The molecule has 0 amide bonds. The number of likely N-dealkylation sites (tertiary alicyclic amines) is 1. The molecule has 1 aliphatic carbocycles. The van der Waals surface area contributed by atoms with Crippen LogP contribution in [-0.2, 0) is 0 Å². The number of nitrogens with one attached hydrogen (secondary N) is 1. The van der Waals surface area contributed by atoms with Crippen LogP contribution in [0.5, 0.6) is 0 Å². The fourth-order valence-electron chi connectivity index (χ4n) is 5.08. The molecular formula is C22H28N6O. The predicted octanol–water partition coefficient (Wildman–Crippen LogP) is 3.43. The van der Waals surface area contributed by atoms with E-state index in [1.807, 2.05) is 11.6 Å². The van der Waals surface area contributed by atoms with E-state index in [4.69, 9.17) is 0 Å². The van der Waals surface area contributed by atoms with Gasteiger partial charge in [0.15, 0.2) is 5.82 Å². The summed E-state index contributed by atoms with van der Waals surface area (Å²) in [6, 6.07) is 6.39. The molecule has 2 aromatic heterocycles. The van der Waals surface area contributed by atoms with E-state index < -0.39 is 0 Å². The molecule has 1 N–H and O–H groups in total. The Kier molecular flexibility index (Phi) is 4.70. The Bertz CT molecular complexity index is 1090. The van der Waals surface area contributed by atoms with Crippen LogP contribution in [0.15, 0.2) is 23.0 Å². The summed E-state index contributed by atoms with van der Waals surface area (Å²) in [5.41, 5.74) is 3.89. The van der Waals surface area contributed by atoms with Crippen molar-refractivity contribution in [3.05, 3.63) is 51.1 Å².